The van der Waals surface area contributed by atoms with Crippen LogP contribution in [-0.4, -0.2) is 29.8 Å². The molecule has 2 aliphatic rings. The number of halogens is 3. The van der Waals surface area contributed by atoms with Crippen LogP contribution in [0.2, 0.25) is 0 Å². The molecule has 116 valence electrons. The molecule has 6 heteroatoms. The largest absolute Gasteiger partial charge is 0.380 e. The lowest BCUT2D eigenvalue weighted by molar-refractivity contribution is -0.0865. The van der Waals surface area contributed by atoms with Gasteiger partial charge in [0.25, 0.3) is 0 Å². The molecule has 3 rings (SSSR count). The zero-order chi connectivity index (χ0) is 14.9. The van der Waals surface area contributed by atoms with Gasteiger partial charge < -0.3 is 10.1 Å². The van der Waals surface area contributed by atoms with Crippen LogP contribution >= 0.6 is 59.6 Å². The summed E-state index contributed by atoms with van der Waals surface area (Å²) in [5.41, 5.74) is 1.26. The zero-order valence-electron chi connectivity index (χ0n) is 11.6. The predicted octanol–water partition coefficient (Wildman–Crippen LogP) is 5.83. The van der Waals surface area contributed by atoms with Gasteiger partial charge >= 0.3 is 0 Å². The van der Waals surface area contributed by atoms with Crippen molar-refractivity contribution in [3.63, 3.8) is 0 Å². The van der Waals surface area contributed by atoms with Gasteiger partial charge in [0.2, 0.25) is 0 Å². The van der Waals surface area contributed by atoms with Crippen molar-refractivity contribution in [2.75, 3.05) is 23.4 Å². The number of ether oxygens (including phenoxy) is 1. The normalized spacial score (nSPS) is 25.0. The fourth-order valence-electron chi connectivity index (χ4n) is 3.13. The van der Waals surface area contributed by atoms with Crippen LogP contribution in [0.15, 0.2) is 25.6 Å². The molecule has 1 aromatic carbocycles. The van der Waals surface area contributed by atoms with Crippen LogP contribution in [-0.2, 0) is 4.74 Å². The Hall–Kier alpha value is 0.770. The van der Waals surface area contributed by atoms with Crippen LogP contribution in [0, 0.1) is 0 Å². The topological polar surface area (TPSA) is 21.3 Å². The smallest absolute Gasteiger partial charge is 0.0717 e. The lowest BCUT2D eigenvalue weighted by atomic mass is 9.85. The third-order valence-electron chi connectivity index (χ3n) is 4.25. The molecule has 0 aliphatic carbocycles. The molecule has 21 heavy (non-hydrogen) atoms. The highest BCUT2D eigenvalue weighted by atomic mass is 79.9. The molecule has 0 radical (unpaired) electrons. The van der Waals surface area contributed by atoms with E-state index >= 15 is 0 Å². The number of hydrogen-bond donors (Lipinski definition) is 1. The van der Waals surface area contributed by atoms with Crippen molar-refractivity contribution >= 4 is 65.2 Å². The van der Waals surface area contributed by atoms with Crippen molar-refractivity contribution in [3.8, 4) is 0 Å². The minimum atomic E-state index is 0.121. The lowest BCUT2D eigenvalue weighted by Crippen LogP contribution is -2.46. The van der Waals surface area contributed by atoms with Crippen LogP contribution in [0.4, 0.5) is 5.69 Å². The molecule has 1 unspecified atom stereocenters. The van der Waals surface area contributed by atoms with Gasteiger partial charge in [0.15, 0.2) is 0 Å². The molecular formula is C15H18Br3NOS. The van der Waals surface area contributed by atoms with Crippen LogP contribution < -0.4 is 5.32 Å². The number of anilines is 1. The molecule has 0 amide bonds. The van der Waals surface area contributed by atoms with Gasteiger partial charge in [0.05, 0.1) is 11.3 Å². The first-order valence-electron chi connectivity index (χ1n) is 7.21. The molecule has 1 N–H and O–H groups in total. The van der Waals surface area contributed by atoms with Gasteiger partial charge in [-0.25, -0.2) is 0 Å². The molecule has 2 aliphatic heterocycles. The standard InChI is InChI=1S/C15H18Br3NOS/c16-10-7-12(17)14(13(18)8-10)19-11-1-4-20-15(9-11)2-5-21-6-3-15/h7-8,11,19H,1-6,9H2. The monoisotopic (exact) mass is 497 g/mol. The summed E-state index contributed by atoms with van der Waals surface area (Å²) in [6.45, 7) is 0.869. The second-order valence-electron chi connectivity index (χ2n) is 5.72. The highest BCUT2D eigenvalue weighted by molar-refractivity contribution is 9.11. The molecule has 2 heterocycles. The zero-order valence-corrected chi connectivity index (χ0v) is 17.2. The second-order valence-corrected chi connectivity index (χ2v) is 9.57. The first kappa shape index (κ1) is 16.6. The molecule has 2 nitrogen and oxygen atoms in total. The van der Waals surface area contributed by atoms with E-state index in [-0.39, 0.29) is 5.60 Å². The van der Waals surface area contributed by atoms with E-state index in [0.717, 1.165) is 38.6 Å². The summed E-state index contributed by atoms with van der Waals surface area (Å²) in [5, 5.41) is 3.71. The van der Waals surface area contributed by atoms with Gasteiger partial charge in [0.1, 0.15) is 0 Å². The SMILES string of the molecule is Brc1cc(Br)c(NC2CCOC3(CCSCC3)C2)c(Br)c1. The Morgan fingerprint density at radius 1 is 1.14 bits per heavy atom. The average molecular weight is 500 g/mol. The average Bonchev–Trinajstić information content (AvgIpc) is 2.44. The van der Waals surface area contributed by atoms with Crippen molar-refractivity contribution in [2.24, 2.45) is 0 Å². The maximum atomic E-state index is 6.17. The molecule has 2 saturated heterocycles. The molecule has 0 saturated carbocycles. The van der Waals surface area contributed by atoms with Gasteiger partial charge in [0, 0.05) is 26.1 Å². The summed E-state index contributed by atoms with van der Waals surface area (Å²) in [7, 11) is 0. The maximum Gasteiger partial charge on any atom is 0.0717 e. The van der Waals surface area contributed by atoms with Crippen molar-refractivity contribution in [1.82, 2.24) is 0 Å². The van der Waals surface area contributed by atoms with Crippen LogP contribution in [0.3, 0.4) is 0 Å². The van der Waals surface area contributed by atoms with E-state index in [4.69, 9.17) is 4.74 Å². The minimum absolute atomic E-state index is 0.121. The summed E-state index contributed by atoms with van der Waals surface area (Å²) in [5.74, 6) is 2.47. The van der Waals surface area contributed by atoms with Gasteiger partial charge in [-0.1, -0.05) is 15.9 Å². The summed E-state index contributed by atoms with van der Waals surface area (Å²) >= 11 is 12.9. The van der Waals surface area contributed by atoms with Crippen LogP contribution in [0.25, 0.3) is 0 Å². The van der Waals surface area contributed by atoms with E-state index in [1.54, 1.807) is 0 Å². The summed E-state index contributed by atoms with van der Waals surface area (Å²) in [6, 6.07) is 4.65. The van der Waals surface area contributed by atoms with Gasteiger partial charge in [-0.15, -0.1) is 0 Å². The Kier molecular flexibility index (Phi) is 5.63. The van der Waals surface area contributed by atoms with Crippen molar-refractivity contribution in [2.45, 2.75) is 37.3 Å². The summed E-state index contributed by atoms with van der Waals surface area (Å²) in [6.07, 6.45) is 4.57. The molecular weight excluding hydrogens is 482 g/mol. The van der Waals surface area contributed by atoms with E-state index in [1.807, 2.05) is 0 Å². The number of hydrogen-bond acceptors (Lipinski definition) is 3. The Balaban J connectivity index is 1.73. The molecule has 1 spiro atoms. The third-order valence-corrected chi connectivity index (χ3v) is 6.95. The van der Waals surface area contributed by atoms with Crippen molar-refractivity contribution in [1.29, 1.82) is 0 Å². The number of benzene rings is 1. The van der Waals surface area contributed by atoms with Gasteiger partial charge in [-0.05, 0) is 81.2 Å². The highest BCUT2D eigenvalue weighted by Gasteiger charge is 2.38. The number of thioether (sulfide) groups is 1. The molecule has 0 aromatic heterocycles. The molecule has 1 aromatic rings. The van der Waals surface area contributed by atoms with Crippen LogP contribution in [0.1, 0.15) is 25.7 Å². The first-order valence-corrected chi connectivity index (χ1v) is 10.7. The first-order chi connectivity index (χ1) is 10.1. The van der Waals surface area contributed by atoms with E-state index < -0.39 is 0 Å². The van der Waals surface area contributed by atoms with E-state index in [0.29, 0.717) is 6.04 Å². The molecule has 1 atom stereocenters. The Morgan fingerprint density at radius 2 is 1.81 bits per heavy atom. The molecule has 0 bridgehead atoms. The fourth-order valence-corrected chi connectivity index (χ4v) is 6.85. The second kappa shape index (κ2) is 7.12. The Bertz CT molecular complexity index is 491. The summed E-state index contributed by atoms with van der Waals surface area (Å²) < 4.78 is 9.41. The molecule has 2 fully saturated rings. The Labute approximate surface area is 155 Å². The lowest BCUT2D eigenvalue weighted by Gasteiger charge is -2.43. The quantitative estimate of drug-likeness (QED) is 0.553. The van der Waals surface area contributed by atoms with Gasteiger partial charge in [-0.3, -0.25) is 0 Å². The van der Waals surface area contributed by atoms with E-state index in [1.165, 1.54) is 24.3 Å². The number of rotatable bonds is 2. The fraction of sp³-hybridized carbons (Fsp3) is 0.600. The Morgan fingerprint density at radius 3 is 2.48 bits per heavy atom. The highest BCUT2D eigenvalue weighted by Crippen LogP contribution is 2.40. The van der Waals surface area contributed by atoms with Crippen LogP contribution in [0.5, 0.6) is 0 Å². The summed E-state index contributed by atoms with van der Waals surface area (Å²) in [4.78, 5) is 0. The maximum absolute atomic E-state index is 6.17. The van der Waals surface area contributed by atoms with E-state index in [9.17, 15) is 0 Å². The van der Waals surface area contributed by atoms with Crippen molar-refractivity contribution in [3.05, 3.63) is 25.6 Å². The predicted molar refractivity (Wildman–Crippen MR) is 101 cm³/mol. The third kappa shape index (κ3) is 4.00. The van der Waals surface area contributed by atoms with Gasteiger partial charge in [-0.2, -0.15) is 11.8 Å². The number of nitrogens with one attached hydrogen (secondary N) is 1. The minimum Gasteiger partial charge on any atom is -0.380 e. The van der Waals surface area contributed by atoms with E-state index in [2.05, 4.69) is 77.0 Å². The van der Waals surface area contributed by atoms with Crippen molar-refractivity contribution < 1.29 is 4.74 Å².